The third-order valence-electron chi connectivity index (χ3n) is 4.32. The molecule has 1 fully saturated rings. The van der Waals surface area contributed by atoms with Gasteiger partial charge in [-0.2, -0.15) is 4.31 Å². The van der Waals surface area contributed by atoms with Crippen molar-refractivity contribution in [3.8, 4) is 5.75 Å². The van der Waals surface area contributed by atoms with E-state index in [1.165, 1.54) is 0 Å². The van der Waals surface area contributed by atoms with Gasteiger partial charge in [-0.05, 0) is 37.0 Å². The summed E-state index contributed by atoms with van der Waals surface area (Å²) in [6.07, 6.45) is 2.74. The van der Waals surface area contributed by atoms with E-state index in [1.54, 1.807) is 22.5 Å². The van der Waals surface area contributed by atoms with Crippen molar-refractivity contribution in [1.82, 2.24) is 4.31 Å². The molecule has 5 nitrogen and oxygen atoms in total. The number of hydrogen-bond donors (Lipinski definition) is 1. The van der Waals surface area contributed by atoms with Crippen LogP contribution in [0.2, 0.25) is 0 Å². The zero-order valence-electron chi connectivity index (χ0n) is 12.3. The van der Waals surface area contributed by atoms with Crippen LogP contribution in [-0.2, 0) is 10.0 Å². The number of fused-ring (bicyclic) bond motifs is 1. The molecule has 0 aliphatic carbocycles. The Kier molecular flexibility index (Phi) is 3.94. The minimum Gasteiger partial charge on any atom is -0.493 e. The van der Waals surface area contributed by atoms with Gasteiger partial charge in [0.05, 0.1) is 11.5 Å². The molecule has 0 aromatic heterocycles. The third kappa shape index (κ3) is 2.80. The Labute approximate surface area is 126 Å². The van der Waals surface area contributed by atoms with Crippen molar-refractivity contribution in [2.24, 2.45) is 11.7 Å². The van der Waals surface area contributed by atoms with Crippen LogP contribution in [0.1, 0.15) is 37.8 Å². The fraction of sp³-hybridized carbons (Fsp3) is 0.600. The Morgan fingerprint density at radius 3 is 2.90 bits per heavy atom. The number of piperidine rings is 1. The molecule has 0 bridgehead atoms. The SMILES string of the molecule is CC1CCCN(S(=O)(=O)c2ccc3c(c2)C(N)CCO3)C1. The number of benzene rings is 1. The van der Waals surface area contributed by atoms with Crippen LogP contribution in [0.25, 0.3) is 0 Å². The molecule has 2 unspecified atom stereocenters. The van der Waals surface area contributed by atoms with Gasteiger partial charge < -0.3 is 10.5 Å². The number of nitrogens with two attached hydrogens (primary N) is 1. The Morgan fingerprint density at radius 1 is 1.33 bits per heavy atom. The Hall–Kier alpha value is -1.11. The first kappa shape index (κ1) is 14.8. The fourth-order valence-electron chi connectivity index (χ4n) is 3.07. The molecule has 1 aromatic carbocycles. The van der Waals surface area contributed by atoms with Crippen LogP contribution >= 0.6 is 0 Å². The van der Waals surface area contributed by atoms with Crippen LogP contribution in [-0.4, -0.2) is 32.4 Å². The summed E-state index contributed by atoms with van der Waals surface area (Å²) in [6, 6.07) is 4.90. The van der Waals surface area contributed by atoms with E-state index < -0.39 is 10.0 Å². The van der Waals surface area contributed by atoms with Gasteiger partial charge in [0.2, 0.25) is 10.0 Å². The van der Waals surface area contributed by atoms with Crippen LogP contribution in [0, 0.1) is 5.92 Å². The zero-order valence-corrected chi connectivity index (χ0v) is 13.1. The predicted octanol–water partition coefficient (Wildman–Crippen LogP) is 1.89. The Bertz CT molecular complexity index is 630. The van der Waals surface area contributed by atoms with E-state index in [9.17, 15) is 8.42 Å². The second-order valence-corrected chi connectivity index (χ2v) is 7.99. The minimum atomic E-state index is -3.43. The number of sulfonamides is 1. The maximum Gasteiger partial charge on any atom is 0.243 e. The molecule has 2 aliphatic rings. The van der Waals surface area contributed by atoms with Gasteiger partial charge in [0.15, 0.2) is 0 Å². The summed E-state index contributed by atoms with van der Waals surface area (Å²) in [5.74, 6) is 1.12. The predicted molar refractivity (Wildman–Crippen MR) is 80.6 cm³/mol. The lowest BCUT2D eigenvalue weighted by atomic mass is 10.0. The standard InChI is InChI=1S/C15H22N2O3S/c1-11-3-2-7-17(10-11)21(18,19)12-4-5-15-13(9-12)14(16)6-8-20-15/h4-5,9,11,14H,2-3,6-8,10,16H2,1H3. The van der Waals surface area contributed by atoms with E-state index in [0.717, 1.165) is 24.8 Å². The molecular formula is C15H22N2O3S. The van der Waals surface area contributed by atoms with Crippen molar-refractivity contribution in [2.75, 3.05) is 19.7 Å². The smallest absolute Gasteiger partial charge is 0.243 e. The summed E-state index contributed by atoms with van der Waals surface area (Å²) < 4.78 is 32.7. The number of rotatable bonds is 2. The third-order valence-corrected chi connectivity index (χ3v) is 6.19. The quantitative estimate of drug-likeness (QED) is 0.905. The lowest BCUT2D eigenvalue weighted by molar-refractivity contribution is 0.268. The van der Waals surface area contributed by atoms with Gasteiger partial charge in [0.1, 0.15) is 5.75 Å². The van der Waals surface area contributed by atoms with E-state index in [0.29, 0.717) is 36.3 Å². The van der Waals surface area contributed by atoms with Crippen molar-refractivity contribution in [1.29, 1.82) is 0 Å². The van der Waals surface area contributed by atoms with Crippen LogP contribution < -0.4 is 10.5 Å². The maximum atomic E-state index is 12.8. The molecule has 0 radical (unpaired) electrons. The summed E-state index contributed by atoms with van der Waals surface area (Å²) in [7, 11) is -3.43. The molecule has 2 atom stereocenters. The van der Waals surface area contributed by atoms with E-state index in [4.69, 9.17) is 10.5 Å². The van der Waals surface area contributed by atoms with Crippen molar-refractivity contribution in [3.05, 3.63) is 23.8 Å². The summed E-state index contributed by atoms with van der Waals surface area (Å²) in [4.78, 5) is 0.330. The molecule has 0 spiro atoms. The molecule has 0 saturated carbocycles. The van der Waals surface area contributed by atoms with Crippen molar-refractivity contribution in [2.45, 2.75) is 37.1 Å². The van der Waals surface area contributed by atoms with Gasteiger partial charge in [-0.25, -0.2) is 8.42 Å². The summed E-state index contributed by atoms with van der Waals surface area (Å²) in [5, 5.41) is 0. The Morgan fingerprint density at radius 2 is 2.14 bits per heavy atom. The van der Waals surface area contributed by atoms with Gasteiger partial charge in [-0.3, -0.25) is 0 Å². The summed E-state index contributed by atoms with van der Waals surface area (Å²) in [6.45, 7) is 3.89. The van der Waals surface area contributed by atoms with Crippen molar-refractivity contribution in [3.63, 3.8) is 0 Å². The summed E-state index contributed by atoms with van der Waals surface area (Å²) >= 11 is 0. The normalized spacial score (nSPS) is 27.0. The lowest BCUT2D eigenvalue weighted by Gasteiger charge is -2.30. The Balaban J connectivity index is 1.94. The molecular weight excluding hydrogens is 288 g/mol. The van der Waals surface area contributed by atoms with Gasteiger partial charge in [0.25, 0.3) is 0 Å². The highest BCUT2D eigenvalue weighted by Crippen LogP contribution is 2.33. The molecule has 6 heteroatoms. The van der Waals surface area contributed by atoms with Crippen molar-refractivity contribution < 1.29 is 13.2 Å². The first-order valence-electron chi connectivity index (χ1n) is 7.51. The highest BCUT2D eigenvalue weighted by Gasteiger charge is 2.30. The molecule has 2 N–H and O–H groups in total. The van der Waals surface area contributed by atoms with E-state index in [2.05, 4.69) is 6.92 Å². The van der Waals surface area contributed by atoms with Crippen LogP contribution in [0.15, 0.2) is 23.1 Å². The number of hydrogen-bond acceptors (Lipinski definition) is 4. The van der Waals surface area contributed by atoms with Gasteiger partial charge in [0, 0.05) is 31.1 Å². The molecule has 1 aromatic rings. The molecule has 1 saturated heterocycles. The van der Waals surface area contributed by atoms with Gasteiger partial charge in [-0.1, -0.05) is 6.92 Å². The minimum absolute atomic E-state index is 0.149. The second kappa shape index (κ2) is 5.59. The lowest BCUT2D eigenvalue weighted by Crippen LogP contribution is -2.39. The molecule has 2 aliphatic heterocycles. The van der Waals surface area contributed by atoms with Gasteiger partial charge >= 0.3 is 0 Å². The van der Waals surface area contributed by atoms with Gasteiger partial charge in [-0.15, -0.1) is 0 Å². The first-order chi connectivity index (χ1) is 9.98. The second-order valence-electron chi connectivity index (χ2n) is 6.05. The largest absolute Gasteiger partial charge is 0.493 e. The van der Waals surface area contributed by atoms with Crippen LogP contribution in [0.3, 0.4) is 0 Å². The van der Waals surface area contributed by atoms with E-state index in [1.807, 2.05) is 0 Å². The summed E-state index contributed by atoms with van der Waals surface area (Å²) in [5.41, 5.74) is 6.87. The highest BCUT2D eigenvalue weighted by atomic mass is 32.2. The van der Waals surface area contributed by atoms with Crippen LogP contribution in [0.4, 0.5) is 0 Å². The molecule has 116 valence electrons. The average Bonchev–Trinajstić information content (AvgIpc) is 2.47. The highest BCUT2D eigenvalue weighted by molar-refractivity contribution is 7.89. The van der Waals surface area contributed by atoms with E-state index >= 15 is 0 Å². The molecule has 21 heavy (non-hydrogen) atoms. The molecule has 3 rings (SSSR count). The van der Waals surface area contributed by atoms with E-state index in [-0.39, 0.29) is 6.04 Å². The maximum absolute atomic E-state index is 12.8. The average molecular weight is 310 g/mol. The molecule has 2 heterocycles. The first-order valence-corrected chi connectivity index (χ1v) is 8.95. The monoisotopic (exact) mass is 310 g/mol. The topological polar surface area (TPSA) is 72.6 Å². The molecule has 0 amide bonds. The van der Waals surface area contributed by atoms with Crippen molar-refractivity contribution >= 4 is 10.0 Å². The zero-order chi connectivity index (χ0) is 15.0. The number of nitrogens with zero attached hydrogens (tertiary/aromatic N) is 1. The van der Waals surface area contributed by atoms with Crippen LogP contribution in [0.5, 0.6) is 5.75 Å². The fourth-order valence-corrected chi connectivity index (χ4v) is 4.71. The number of ether oxygens (including phenoxy) is 1.